The highest BCUT2D eigenvalue weighted by atomic mass is 16.2. The van der Waals surface area contributed by atoms with E-state index in [1.54, 1.807) is 38.6 Å². The van der Waals surface area contributed by atoms with Crippen LogP contribution in [0.2, 0.25) is 0 Å². The van der Waals surface area contributed by atoms with Crippen molar-refractivity contribution in [2.24, 2.45) is 0 Å². The minimum Gasteiger partial charge on any atom is -0.331 e. The van der Waals surface area contributed by atoms with Gasteiger partial charge >= 0.3 is 6.03 Å². The monoisotopic (exact) mass is 370 g/mol. The highest BCUT2D eigenvalue weighted by Gasteiger charge is 2.15. The standard InChI is InChI=1S/C21H18N6O/c1-27(2)21(28)24-14-9-10-15-18(13-14)26-20(17-8-4-6-12-23-17)19(25-15)16-7-3-5-11-22-16/h3-13H,1-2H3,(H,24,28). The molecule has 0 aliphatic carbocycles. The molecule has 4 aromatic rings. The second kappa shape index (κ2) is 7.40. The lowest BCUT2D eigenvalue weighted by Gasteiger charge is -2.13. The van der Waals surface area contributed by atoms with Gasteiger partial charge in [0.15, 0.2) is 0 Å². The molecular weight excluding hydrogens is 352 g/mol. The van der Waals surface area contributed by atoms with Gasteiger partial charge in [-0.1, -0.05) is 12.1 Å². The van der Waals surface area contributed by atoms with Crippen LogP contribution >= 0.6 is 0 Å². The summed E-state index contributed by atoms with van der Waals surface area (Å²) in [7, 11) is 3.38. The first-order valence-electron chi connectivity index (χ1n) is 8.75. The molecule has 0 atom stereocenters. The third-order valence-corrected chi connectivity index (χ3v) is 4.14. The summed E-state index contributed by atoms with van der Waals surface area (Å²) in [5.41, 5.74) is 4.76. The number of anilines is 1. The van der Waals surface area contributed by atoms with E-state index in [4.69, 9.17) is 9.97 Å². The molecule has 0 radical (unpaired) electrons. The van der Waals surface area contributed by atoms with Gasteiger partial charge in [-0.05, 0) is 42.5 Å². The Hall–Kier alpha value is -3.87. The maximum absolute atomic E-state index is 11.9. The Morgan fingerprint density at radius 2 is 1.43 bits per heavy atom. The van der Waals surface area contributed by atoms with Crippen molar-refractivity contribution in [3.05, 3.63) is 67.0 Å². The van der Waals surface area contributed by atoms with Crippen LogP contribution in [0.25, 0.3) is 33.8 Å². The topological polar surface area (TPSA) is 83.9 Å². The van der Waals surface area contributed by atoms with Gasteiger partial charge < -0.3 is 10.2 Å². The number of rotatable bonds is 3. The molecule has 7 nitrogen and oxygen atoms in total. The molecule has 3 aromatic heterocycles. The maximum Gasteiger partial charge on any atom is 0.321 e. The first kappa shape index (κ1) is 17.5. The molecule has 0 aliphatic rings. The van der Waals surface area contributed by atoms with E-state index in [2.05, 4.69) is 15.3 Å². The first-order valence-corrected chi connectivity index (χ1v) is 8.75. The molecule has 0 fully saturated rings. The van der Waals surface area contributed by atoms with Crippen LogP contribution in [0.15, 0.2) is 67.0 Å². The highest BCUT2D eigenvalue weighted by molar-refractivity contribution is 5.92. The quantitative estimate of drug-likeness (QED) is 0.592. The average Bonchev–Trinajstić information content (AvgIpc) is 2.74. The van der Waals surface area contributed by atoms with Crippen LogP contribution in [0.1, 0.15) is 0 Å². The number of pyridine rings is 2. The third kappa shape index (κ3) is 3.50. The second-order valence-electron chi connectivity index (χ2n) is 6.38. The van der Waals surface area contributed by atoms with E-state index < -0.39 is 0 Å². The molecule has 0 spiro atoms. The minimum absolute atomic E-state index is 0.206. The van der Waals surface area contributed by atoms with Crippen LogP contribution in [0, 0.1) is 0 Å². The zero-order chi connectivity index (χ0) is 19.5. The van der Waals surface area contributed by atoms with Gasteiger partial charge in [0.1, 0.15) is 11.4 Å². The summed E-state index contributed by atoms with van der Waals surface area (Å²) in [5, 5.41) is 2.83. The molecule has 1 aromatic carbocycles. The minimum atomic E-state index is -0.206. The van der Waals surface area contributed by atoms with E-state index in [9.17, 15) is 4.79 Å². The lowest BCUT2D eigenvalue weighted by molar-refractivity contribution is 0.230. The average molecular weight is 370 g/mol. The smallest absolute Gasteiger partial charge is 0.321 e. The summed E-state index contributed by atoms with van der Waals surface area (Å²) in [6, 6.07) is 16.6. The zero-order valence-corrected chi connectivity index (χ0v) is 15.5. The van der Waals surface area contributed by atoms with Crippen LogP contribution < -0.4 is 5.32 Å². The van der Waals surface area contributed by atoms with Crippen LogP contribution in [0.5, 0.6) is 0 Å². The summed E-state index contributed by atoms with van der Waals surface area (Å²) >= 11 is 0. The zero-order valence-electron chi connectivity index (χ0n) is 15.5. The van der Waals surface area contributed by atoms with Gasteiger partial charge in [0.05, 0.1) is 22.4 Å². The van der Waals surface area contributed by atoms with E-state index in [-0.39, 0.29) is 6.03 Å². The van der Waals surface area contributed by atoms with Crippen LogP contribution in [-0.2, 0) is 0 Å². The van der Waals surface area contributed by atoms with Crippen LogP contribution in [0.3, 0.4) is 0 Å². The molecule has 1 N–H and O–H groups in total. The largest absolute Gasteiger partial charge is 0.331 e. The van der Waals surface area contributed by atoms with Gasteiger partial charge in [0.2, 0.25) is 0 Å². The van der Waals surface area contributed by atoms with Crippen molar-refractivity contribution >= 4 is 22.8 Å². The molecule has 0 bridgehead atoms. The van der Waals surface area contributed by atoms with E-state index in [0.717, 1.165) is 5.69 Å². The third-order valence-electron chi connectivity index (χ3n) is 4.14. The van der Waals surface area contributed by atoms with Gasteiger partial charge in [-0.15, -0.1) is 0 Å². The van der Waals surface area contributed by atoms with Crippen molar-refractivity contribution in [1.29, 1.82) is 0 Å². The fraction of sp³-hybridized carbons (Fsp3) is 0.0952. The van der Waals surface area contributed by atoms with Crippen molar-refractivity contribution < 1.29 is 4.79 Å². The number of urea groups is 1. The summed E-state index contributed by atoms with van der Waals surface area (Å²) in [6.45, 7) is 0. The number of carbonyl (C=O) groups excluding carboxylic acids is 1. The van der Waals surface area contributed by atoms with Crippen molar-refractivity contribution in [3.8, 4) is 22.8 Å². The molecule has 138 valence electrons. The Morgan fingerprint density at radius 3 is 1.96 bits per heavy atom. The highest BCUT2D eigenvalue weighted by Crippen LogP contribution is 2.29. The molecule has 0 saturated carbocycles. The van der Waals surface area contributed by atoms with E-state index in [1.807, 2.05) is 42.5 Å². The summed E-state index contributed by atoms with van der Waals surface area (Å²) in [5.74, 6) is 0. The Bertz CT molecular complexity index is 1130. The number of nitrogens with one attached hydrogen (secondary N) is 1. The molecule has 28 heavy (non-hydrogen) atoms. The second-order valence-corrected chi connectivity index (χ2v) is 6.38. The molecule has 2 amide bonds. The van der Waals surface area contributed by atoms with Crippen molar-refractivity contribution in [1.82, 2.24) is 24.8 Å². The normalized spacial score (nSPS) is 10.6. The molecule has 0 aliphatic heterocycles. The number of fused-ring (bicyclic) bond motifs is 1. The number of hydrogen-bond acceptors (Lipinski definition) is 5. The van der Waals surface area contributed by atoms with E-state index in [0.29, 0.717) is 33.8 Å². The number of carbonyl (C=O) groups is 1. The predicted molar refractivity (Wildman–Crippen MR) is 109 cm³/mol. The lowest BCUT2D eigenvalue weighted by atomic mass is 10.1. The van der Waals surface area contributed by atoms with Gasteiger partial charge in [0.25, 0.3) is 0 Å². The number of amides is 2. The molecular formula is C21H18N6O. The Morgan fingerprint density at radius 1 is 0.821 bits per heavy atom. The summed E-state index contributed by atoms with van der Waals surface area (Å²) in [6.07, 6.45) is 3.44. The van der Waals surface area contributed by atoms with Crippen LogP contribution in [-0.4, -0.2) is 45.0 Å². The van der Waals surface area contributed by atoms with Crippen molar-refractivity contribution in [3.63, 3.8) is 0 Å². The number of benzene rings is 1. The first-order chi connectivity index (χ1) is 13.6. The SMILES string of the molecule is CN(C)C(=O)Nc1ccc2nc(-c3ccccn3)c(-c3ccccn3)nc2c1. The molecule has 4 rings (SSSR count). The molecule has 0 saturated heterocycles. The Balaban J connectivity index is 1.88. The fourth-order valence-corrected chi connectivity index (χ4v) is 2.73. The number of nitrogens with zero attached hydrogens (tertiary/aromatic N) is 5. The molecule has 0 unspecified atom stereocenters. The van der Waals surface area contributed by atoms with Crippen molar-refractivity contribution in [2.75, 3.05) is 19.4 Å². The van der Waals surface area contributed by atoms with Gasteiger partial charge in [-0.25, -0.2) is 14.8 Å². The van der Waals surface area contributed by atoms with Gasteiger partial charge in [0, 0.05) is 32.2 Å². The lowest BCUT2D eigenvalue weighted by Crippen LogP contribution is -2.27. The van der Waals surface area contributed by atoms with Gasteiger partial charge in [-0.3, -0.25) is 9.97 Å². The Kier molecular flexibility index (Phi) is 4.63. The van der Waals surface area contributed by atoms with E-state index in [1.165, 1.54) is 4.90 Å². The molecule has 7 heteroatoms. The van der Waals surface area contributed by atoms with Crippen LogP contribution in [0.4, 0.5) is 10.5 Å². The molecule has 3 heterocycles. The van der Waals surface area contributed by atoms with Crippen molar-refractivity contribution in [2.45, 2.75) is 0 Å². The Labute approximate surface area is 162 Å². The summed E-state index contributed by atoms with van der Waals surface area (Å²) in [4.78, 5) is 31.9. The maximum atomic E-state index is 11.9. The van der Waals surface area contributed by atoms with E-state index >= 15 is 0 Å². The number of aromatic nitrogens is 4. The van der Waals surface area contributed by atoms with Gasteiger partial charge in [-0.2, -0.15) is 0 Å². The number of hydrogen-bond donors (Lipinski definition) is 1. The predicted octanol–water partition coefficient (Wildman–Crippen LogP) is 3.85. The fourth-order valence-electron chi connectivity index (χ4n) is 2.73. The summed E-state index contributed by atoms with van der Waals surface area (Å²) < 4.78 is 0.